The van der Waals surface area contributed by atoms with E-state index in [9.17, 15) is 9.59 Å². The van der Waals surface area contributed by atoms with Crippen LogP contribution in [0.3, 0.4) is 0 Å². The number of carbonyl (C=O) groups excluding carboxylic acids is 1. The van der Waals surface area contributed by atoms with E-state index in [2.05, 4.69) is 34.9 Å². The van der Waals surface area contributed by atoms with E-state index >= 15 is 0 Å². The molecule has 1 heterocycles. The summed E-state index contributed by atoms with van der Waals surface area (Å²) in [5.74, 6) is 1.39. The van der Waals surface area contributed by atoms with E-state index in [1.165, 1.54) is 25.1 Å². The van der Waals surface area contributed by atoms with Crippen molar-refractivity contribution in [1.82, 2.24) is 9.66 Å². The number of hydrogen-bond acceptors (Lipinski definition) is 8. The molecule has 0 aliphatic carbocycles. The first kappa shape index (κ1) is 29.8. The number of halogens is 1. The van der Waals surface area contributed by atoms with E-state index in [-0.39, 0.29) is 17.2 Å². The highest BCUT2D eigenvalue weighted by atomic mass is 79.9. The minimum Gasteiger partial charge on any atom is -0.496 e. The minimum atomic E-state index is -0.917. The molecular weight excluding hydrogens is 590 g/mol. The number of esters is 1. The second kappa shape index (κ2) is 12.6. The van der Waals surface area contributed by atoms with E-state index in [1.807, 2.05) is 25.1 Å². The predicted molar refractivity (Wildman–Crippen MR) is 163 cm³/mol. The molecule has 0 spiro atoms. The van der Waals surface area contributed by atoms with Crippen LogP contribution in [-0.4, -0.2) is 49.3 Å². The number of para-hydroxylation sites is 1. The van der Waals surface area contributed by atoms with Crippen LogP contribution < -0.4 is 19.8 Å². The lowest BCUT2D eigenvalue weighted by Gasteiger charge is -2.18. The Balaban J connectivity index is 1.97. The number of benzene rings is 3. The standard InChI is InChI=1S/C31H32BrN3O6/c1-17(2)23-15-24(18(3)12-26(23)38-5)29-34-25-11-9-8-10-22(25)30(36)35(29)33-16-20-13-21(32)14-27(39-6)28(20)41-19(4)31(37)40-7/h8-17,19H,1-7H3/t19-/m1/s1. The van der Waals surface area contributed by atoms with Gasteiger partial charge in [-0.2, -0.15) is 9.78 Å². The summed E-state index contributed by atoms with van der Waals surface area (Å²) in [7, 11) is 4.42. The fourth-order valence-corrected chi connectivity index (χ4v) is 4.90. The van der Waals surface area contributed by atoms with Gasteiger partial charge < -0.3 is 18.9 Å². The highest BCUT2D eigenvalue weighted by molar-refractivity contribution is 9.10. The van der Waals surface area contributed by atoms with Crippen LogP contribution >= 0.6 is 15.9 Å². The highest BCUT2D eigenvalue weighted by Gasteiger charge is 2.22. The van der Waals surface area contributed by atoms with Gasteiger partial charge in [0.1, 0.15) is 5.75 Å². The van der Waals surface area contributed by atoms with Crippen molar-refractivity contribution in [3.05, 3.63) is 80.0 Å². The second-order valence-corrected chi connectivity index (χ2v) is 10.6. The Bertz CT molecular complexity index is 1700. The van der Waals surface area contributed by atoms with E-state index < -0.39 is 12.1 Å². The van der Waals surface area contributed by atoms with Gasteiger partial charge in [0.15, 0.2) is 23.4 Å². The van der Waals surface area contributed by atoms with Gasteiger partial charge >= 0.3 is 5.97 Å². The second-order valence-electron chi connectivity index (χ2n) is 9.69. The van der Waals surface area contributed by atoms with Gasteiger partial charge in [0.2, 0.25) is 0 Å². The van der Waals surface area contributed by atoms with Crippen molar-refractivity contribution in [1.29, 1.82) is 0 Å². The van der Waals surface area contributed by atoms with Gasteiger partial charge in [-0.1, -0.05) is 41.9 Å². The lowest BCUT2D eigenvalue weighted by molar-refractivity contribution is -0.147. The Labute approximate surface area is 246 Å². The SMILES string of the molecule is COC(=O)[C@@H](C)Oc1c(C=Nn2c(-c3cc(C(C)C)c(OC)cc3C)nc3ccccc3c2=O)cc(Br)cc1OC. The predicted octanol–water partition coefficient (Wildman–Crippen LogP) is 6.10. The molecule has 0 amide bonds. The molecule has 0 aliphatic rings. The van der Waals surface area contributed by atoms with Crippen molar-refractivity contribution in [2.75, 3.05) is 21.3 Å². The van der Waals surface area contributed by atoms with Gasteiger partial charge in [-0.05, 0) is 67.3 Å². The number of fused-ring (bicyclic) bond motifs is 1. The summed E-state index contributed by atoms with van der Waals surface area (Å²) in [4.78, 5) is 30.8. The average Bonchev–Trinajstić information content (AvgIpc) is 2.96. The number of nitrogens with zero attached hydrogens (tertiary/aromatic N) is 3. The van der Waals surface area contributed by atoms with Gasteiger partial charge in [-0.15, -0.1) is 0 Å². The monoisotopic (exact) mass is 621 g/mol. The summed E-state index contributed by atoms with van der Waals surface area (Å²) in [6, 6.07) is 14.5. The molecule has 3 aromatic carbocycles. The Morgan fingerprint density at radius 1 is 1.02 bits per heavy atom. The summed E-state index contributed by atoms with van der Waals surface area (Å²) in [5.41, 5.74) is 3.29. The summed E-state index contributed by atoms with van der Waals surface area (Å²) < 4.78 is 23.9. The van der Waals surface area contributed by atoms with Gasteiger partial charge in [0.25, 0.3) is 5.56 Å². The molecule has 41 heavy (non-hydrogen) atoms. The number of aryl methyl sites for hydroxylation is 1. The van der Waals surface area contributed by atoms with Gasteiger partial charge in [0, 0.05) is 15.6 Å². The molecule has 4 aromatic rings. The molecule has 1 aromatic heterocycles. The van der Waals surface area contributed by atoms with Crippen LogP contribution in [0.25, 0.3) is 22.3 Å². The number of methoxy groups -OCH3 is 3. The third-order valence-corrected chi connectivity index (χ3v) is 7.06. The van der Waals surface area contributed by atoms with Crippen molar-refractivity contribution in [2.24, 2.45) is 5.10 Å². The van der Waals surface area contributed by atoms with Crippen LogP contribution in [0.4, 0.5) is 0 Å². The van der Waals surface area contributed by atoms with E-state index in [1.54, 1.807) is 44.4 Å². The molecular formula is C31H32BrN3O6. The Kier molecular flexibility index (Phi) is 9.12. The first-order valence-electron chi connectivity index (χ1n) is 13.0. The maximum Gasteiger partial charge on any atom is 0.346 e. The number of ether oxygens (including phenoxy) is 4. The maximum atomic E-state index is 13.8. The molecule has 0 fully saturated rings. The first-order chi connectivity index (χ1) is 19.6. The molecule has 214 valence electrons. The summed E-state index contributed by atoms with van der Waals surface area (Å²) >= 11 is 3.48. The fourth-order valence-electron chi connectivity index (χ4n) is 4.45. The van der Waals surface area contributed by atoms with E-state index in [4.69, 9.17) is 23.9 Å². The van der Waals surface area contributed by atoms with Crippen LogP contribution in [0.15, 0.2) is 62.9 Å². The molecule has 0 bridgehead atoms. The van der Waals surface area contributed by atoms with Crippen LogP contribution in [0.1, 0.15) is 43.4 Å². The molecule has 0 saturated heterocycles. The van der Waals surface area contributed by atoms with Crippen molar-refractivity contribution in [2.45, 2.75) is 39.7 Å². The zero-order valence-electron chi connectivity index (χ0n) is 24.0. The van der Waals surface area contributed by atoms with Gasteiger partial charge in [-0.3, -0.25) is 4.79 Å². The van der Waals surface area contributed by atoms with Crippen molar-refractivity contribution in [3.8, 4) is 28.6 Å². The third-order valence-electron chi connectivity index (χ3n) is 6.60. The van der Waals surface area contributed by atoms with E-state index in [0.29, 0.717) is 32.5 Å². The zero-order chi connectivity index (χ0) is 29.8. The molecule has 0 unspecified atom stereocenters. The summed E-state index contributed by atoms with van der Waals surface area (Å²) in [6.45, 7) is 7.67. The van der Waals surface area contributed by atoms with Crippen LogP contribution in [0, 0.1) is 6.92 Å². The molecule has 0 radical (unpaired) electrons. The van der Waals surface area contributed by atoms with Crippen LogP contribution in [-0.2, 0) is 9.53 Å². The molecule has 0 aliphatic heterocycles. The fraction of sp³-hybridized carbons (Fsp3) is 0.290. The molecule has 4 rings (SSSR count). The van der Waals surface area contributed by atoms with Crippen LogP contribution in [0.2, 0.25) is 0 Å². The minimum absolute atomic E-state index is 0.166. The highest BCUT2D eigenvalue weighted by Crippen LogP contribution is 2.36. The number of carbonyl (C=O) groups is 1. The quantitative estimate of drug-likeness (QED) is 0.164. The van der Waals surface area contributed by atoms with E-state index in [0.717, 1.165) is 22.4 Å². The zero-order valence-corrected chi connectivity index (χ0v) is 25.6. The van der Waals surface area contributed by atoms with Gasteiger partial charge in [0.05, 0.1) is 38.4 Å². The lowest BCUT2D eigenvalue weighted by atomic mass is 9.96. The molecule has 10 heteroatoms. The lowest BCUT2D eigenvalue weighted by Crippen LogP contribution is -2.25. The summed E-state index contributed by atoms with van der Waals surface area (Å²) in [5, 5.41) is 5.05. The summed E-state index contributed by atoms with van der Waals surface area (Å²) in [6.07, 6.45) is 0.565. The Morgan fingerprint density at radius 3 is 2.39 bits per heavy atom. The smallest absolute Gasteiger partial charge is 0.346 e. The van der Waals surface area contributed by atoms with Crippen molar-refractivity contribution >= 4 is 39.0 Å². The normalized spacial score (nSPS) is 12.1. The average molecular weight is 623 g/mol. The topological polar surface area (TPSA) is 101 Å². The van der Waals surface area contributed by atoms with Crippen LogP contribution in [0.5, 0.6) is 17.2 Å². The maximum absolute atomic E-state index is 13.8. The van der Waals surface area contributed by atoms with Crippen molar-refractivity contribution < 1.29 is 23.7 Å². The largest absolute Gasteiger partial charge is 0.496 e. The van der Waals surface area contributed by atoms with Gasteiger partial charge in [-0.25, -0.2) is 9.78 Å². The first-order valence-corrected chi connectivity index (χ1v) is 13.8. The Morgan fingerprint density at radius 2 is 1.73 bits per heavy atom. The molecule has 0 saturated carbocycles. The number of hydrogen-bond donors (Lipinski definition) is 0. The Hall–Kier alpha value is -4.18. The molecule has 9 nitrogen and oxygen atoms in total. The number of aromatic nitrogens is 2. The number of rotatable bonds is 9. The van der Waals surface area contributed by atoms with Crippen molar-refractivity contribution in [3.63, 3.8) is 0 Å². The third kappa shape index (κ3) is 6.12. The molecule has 1 atom stereocenters. The molecule has 0 N–H and O–H groups in total.